The maximum absolute atomic E-state index is 13.4. The molecule has 0 fully saturated rings. The number of rotatable bonds is 8. The predicted molar refractivity (Wildman–Crippen MR) is 161 cm³/mol. The van der Waals surface area contributed by atoms with Crippen LogP contribution in [0.3, 0.4) is 0 Å². The average molecular weight is 578 g/mol. The lowest BCUT2D eigenvalue weighted by Gasteiger charge is -2.34. The molecule has 42 heavy (non-hydrogen) atoms. The summed E-state index contributed by atoms with van der Waals surface area (Å²) in [4.78, 5) is 37.5. The molecule has 0 bridgehead atoms. The van der Waals surface area contributed by atoms with E-state index in [1.54, 1.807) is 25.3 Å². The molecule has 2 heterocycles. The van der Waals surface area contributed by atoms with Crippen molar-refractivity contribution < 1.29 is 24.2 Å². The minimum Gasteiger partial charge on any atom is -0.444 e. The topological polar surface area (TPSA) is 119 Å². The van der Waals surface area contributed by atoms with Crippen LogP contribution >= 0.6 is 0 Å². The highest BCUT2D eigenvalue weighted by molar-refractivity contribution is 5.87. The number of hydrogen-bond acceptors (Lipinski definition) is 8. The third-order valence-corrected chi connectivity index (χ3v) is 6.83. The normalized spacial score (nSPS) is 15.9. The molecule has 0 aliphatic heterocycles. The summed E-state index contributed by atoms with van der Waals surface area (Å²) in [6, 6.07) is 11.6. The summed E-state index contributed by atoms with van der Waals surface area (Å²) >= 11 is 0. The first-order valence-corrected chi connectivity index (χ1v) is 14.5. The number of benzene rings is 1. The van der Waals surface area contributed by atoms with Crippen LogP contribution in [0.5, 0.6) is 0 Å². The van der Waals surface area contributed by atoms with Gasteiger partial charge < -0.3 is 19.9 Å². The third kappa shape index (κ3) is 8.17. The van der Waals surface area contributed by atoms with Crippen LogP contribution in [0, 0.1) is 0 Å². The fourth-order valence-electron chi connectivity index (χ4n) is 5.06. The maximum Gasteiger partial charge on any atom is 0.420 e. The molecule has 1 atom stereocenters. The van der Waals surface area contributed by atoms with Gasteiger partial charge in [-0.2, -0.15) is 0 Å². The van der Waals surface area contributed by atoms with E-state index < -0.39 is 23.4 Å². The molecular formula is C32H43N5O5. The molecule has 0 radical (unpaired) electrons. The van der Waals surface area contributed by atoms with E-state index in [2.05, 4.69) is 16.3 Å². The van der Waals surface area contributed by atoms with Gasteiger partial charge in [0, 0.05) is 19.3 Å². The van der Waals surface area contributed by atoms with Crippen molar-refractivity contribution in [2.24, 2.45) is 0 Å². The number of pyridine rings is 1. The van der Waals surface area contributed by atoms with Crippen molar-refractivity contribution in [3.8, 4) is 0 Å². The molecule has 2 N–H and O–H groups in total. The van der Waals surface area contributed by atoms with Crippen LogP contribution in [0.25, 0.3) is 11.0 Å². The average Bonchev–Trinajstić information content (AvgIpc) is 3.28. The molecule has 10 nitrogen and oxygen atoms in total. The SMILES string of the molecule is CC(C)(C)OC(=O)NCC(=CCN(Cc1nc2ccccc2n1C(=O)OC(C)(C)C)C1CCCc2cccnc21)CO. The summed E-state index contributed by atoms with van der Waals surface area (Å²) in [5.41, 5.74) is 2.94. The van der Waals surface area contributed by atoms with Gasteiger partial charge in [0.05, 0.1) is 35.9 Å². The van der Waals surface area contributed by atoms with Gasteiger partial charge in [0.2, 0.25) is 0 Å². The van der Waals surface area contributed by atoms with Crippen molar-refractivity contribution in [3.63, 3.8) is 0 Å². The lowest BCUT2D eigenvalue weighted by molar-refractivity contribution is 0.0521. The van der Waals surface area contributed by atoms with E-state index in [1.807, 2.05) is 63.4 Å². The number of imidazole rings is 1. The van der Waals surface area contributed by atoms with Crippen molar-refractivity contribution in [2.75, 3.05) is 19.7 Å². The third-order valence-electron chi connectivity index (χ3n) is 6.83. The monoisotopic (exact) mass is 577 g/mol. The molecule has 0 saturated heterocycles. The van der Waals surface area contributed by atoms with Crippen LogP contribution in [-0.4, -0.2) is 67.6 Å². The van der Waals surface area contributed by atoms with E-state index in [-0.39, 0.29) is 19.2 Å². The number of alkyl carbamates (subject to hydrolysis) is 1. The van der Waals surface area contributed by atoms with Gasteiger partial charge >= 0.3 is 12.2 Å². The van der Waals surface area contributed by atoms with Gasteiger partial charge in [-0.05, 0) is 90.1 Å². The zero-order valence-corrected chi connectivity index (χ0v) is 25.5. The minimum atomic E-state index is -0.675. The fourth-order valence-corrected chi connectivity index (χ4v) is 5.06. The van der Waals surface area contributed by atoms with Crippen LogP contribution < -0.4 is 5.32 Å². The number of nitrogens with zero attached hydrogens (tertiary/aromatic N) is 4. The number of aryl methyl sites for hydroxylation is 1. The number of aliphatic hydroxyl groups is 1. The highest BCUT2D eigenvalue weighted by Gasteiger charge is 2.30. The van der Waals surface area contributed by atoms with Crippen LogP contribution in [-0.2, 0) is 22.4 Å². The van der Waals surface area contributed by atoms with Crippen molar-refractivity contribution in [2.45, 2.75) is 84.6 Å². The number of amides is 1. The Balaban J connectivity index is 1.67. The highest BCUT2D eigenvalue weighted by atomic mass is 16.6. The zero-order chi connectivity index (χ0) is 30.5. The Bertz CT molecular complexity index is 1430. The van der Waals surface area contributed by atoms with E-state index in [0.717, 1.165) is 25.0 Å². The Morgan fingerprint density at radius 3 is 2.55 bits per heavy atom. The standard InChI is InChI=1S/C32H43N5O5/c1-31(2,3)41-29(39)34-19-22(21-38)16-18-36(26-15-9-11-23-12-10-17-33-28(23)26)20-27-35-24-13-7-8-14-25(24)37(27)30(40)42-32(4,5)6/h7-8,10,12-14,16-17,26,38H,9,11,15,18-21H2,1-6H3,(H,34,39). The number of para-hydroxylation sites is 2. The van der Waals surface area contributed by atoms with Crippen LogP contribution in [0.1, 0.15) is 77.5 Å². The summed E-state index contributed by atoms with van der Waals surface area (Å²) in [6.45, 7) is 11.6. The zero-order valence-electron chi connectivity index (χ0n) is 25.5. The number of aliphatic hydroxyl groups excluding tert-OH is 1. The van der Waals surface area contributed by atoms with Gasteiger partial charge in [0.1, 0.15) is 17.0 Å². The summed E-state index contributed by atoms with van der Waals surface area (Å²) < 4.78 is 12.7. The van der Waals surface area contributed by atoms with Crippen molar-refractivity contribution in [1.29, 1.82) is 0 Å². The molecule has 1 aliphatic carbocycles. The van der Waals surface area contributed by atoms with E-state index in [0.29, 0.717) is 35.5 Å². The lowest BCUT2D eigenvalue weighted by atomic mass is 9.90. The largest absolute Gasteiger partial charge is 0.444 e. The second-order valence-electron chi connectivity index (χ2n) is 12.6. The van der Waals surface area contributed by atoms with Gasteiger partial charge in [-0.25, -0.2) is 19.1 Å². The van der Waals surface area contributed by atoms with Crippen LogP contribution in [0.2, 0.25) is 0 Å². The molecule has 1 aliphatic rings. The molecule has 2 aromatic heterocycles. The van der Waals surface area contributed by atoms with E-state index in [4.69, 9.17) is 19.4 Å². The number of carbonyl (C=O) groups is 2. The number of carbonyl (C=O) groups excluding carboxylic acids is 2. The van der Waals surface area contributed by atoms with Crippen LogP contribution in [0.15, 0.2) is 54.2 Å². The number of aromatic nitrogens is 3. The minimum absolute atomic E-state index is 0.0307. The molecule has 0 spiro atoms. The summed E-state index contributed by atoms with van der Waals surface area (Å²) in [7, 11) is 0. The fraction of sp³-hybridized carbons (Fsp3) is 0.500. The number of hydrogen-bond donors (Lipinski definition) is 2. The predicted octanol–water partition coefficient (Wildman–Crippen LogP) is 5.54. The number of ether oxygens (including phenoxy) is 2. The number of nitrogens with one attached hydrogen (secondary N) is 1. The quantitative estimate of drug-likeness (QED) is 0.335. The van der Waals surface area contributed by atoms with E-state index >= 15 is 0 Å². The Labute approximate surface area is 247 Å². The molecule has 3 aromatic rings. The van der Waals surface area contributed by atoms with E-state index in [9.17, 15) is 14.7 Å². The molecule has 10 heteroatoms. The smallest absolute Gasteiger partial charge is 0.420 e. The molecule has 1 unspecified atom stereocenters. The second-order valence-corrected chi connectivity index (χ2v) is 12.6. The Hall–Kier alpha value is -3.76. The van der Waals surface area contributed by atoms with Crippen molar-refractivity contribution in [1.82, 2.24) is 24.8 Å². The molecule has 0 saturated carbocycles. The molecular weight excluding hydrogens is 534 g/mol. The molecule has 4 rings (SSSR count). The first-order chi connectivity index (χ1) is 19.8. The van der Waals surface area contributed by atoms with Gasteiger partial charge in [0.25, 0.3) is 0 Å². The lowest BCUT2D eigenvalue weighted by Crippen LogP contribution is -2.35. The van der Waals surface area contributed by atoms with Crippen molar-refractivity contribution >= 4 is 23.2 Å². The maximum atomic E-state index is 13.4. The van der Waals surface area contributed by atoms with Crippen molar-refractivity contribution in [3.05, 3.63) is 71.3 Å². The Kier molecular flexibility index (Phi) is 9.68. The first-order valence-electron chi connectivity index (χ1n) is 14.5. The Morgan fingerprint density at radius 1 is 1.10 bits per heavy atom. The van der Waals surface area contributed by atoms with Gasteiger partial charge in [-0.15, -0.1) is 0 Å². The van der Waals surface area contributed by atoms with Gasteiger partial charge in [-0.1, -0.05) is 24.3 Å². The second kappa shape index (κ2) is 13.0. The summed E-state index contributed by atoms with van der Waals surface area (Å²) in [5.74, 6) is 0.555. The van der Waals surface area contributed by atoms with E-state index in [1.165, 1.54) is 5.56 Å². The highest BCUT2D eigenvalue weighted by Crippen LogP contribution is 2.34. The molecule has 1 aromatic carbocycles. The van der Waals surface area contributed by atoms with Gasteiger partial charge in [0.15, 0.2) is 0 Å². The number of fused-ring (bicyclic) bond motifs is 2. The molecule has 226 valence electrons. The summed E-state index contributed by atoms with van der Waals surface area (Å²) in [6.07, 6.45) is 5.53. The van der Waals surface area contributed by atoms with Gasteiger partial charge in [-0.3, -0.25) is 9.88 Å². The molecule has 1 amide bonds. The summed E-state index contributed by atoms with van der Waals surface area (Å²) in [5, 5.41) is 12.8. The first kappa shape index (κ1) is 31.2. The van der Waals surface area contributed by atoms with Crippen LogP contribution in [0.4, 0.5) is 9.59 Å². The Morgan fingerprint density at radius 2 is 1.83 bits per heavy atom.